The van der Waals surface area contributed by atoms with E-state index >= 15 is 0 Å². The number of rotatable bonds is 3. The molecule has 12 heavy (non-hydrogen) atoms. The Kier molecular flexibility index (Phi) is 4.54. The molecule has 0 aromatic carbocycles. The highest BCUT2D eigenvalue weighted by Gasteiger charge is 2.20. The maximum Gasteiger partial charge on any atom is 0.0678 e. The van der Waals surface area contributed by atoms with E-state index < -0.39 is 0 Å². The van der Waals surface area contributed by atoms with Crippen molar-refractivity contribution >= 4 is 15.9 Å². The number of hydrogen-bond donors (Lipinski definition) is 0. The van der Waals surface area contributed by atoms with Crippen LogP contribution in [-0.4, -0.2) is 42.1 Å². The lowest BCUT2D eigenvalue weighted by atomic mass is 10.2. The summed E-state index contributed by atoms with van der Waals surface area (Å²) in [6, 6.07) is 0. The molecular formula is C9H18BrNO. The van der Waals surface area contributed by atoms with Crippen LogP contribution < -0.4 is 0 Å². The smallest absolute Gasteiger partial charge is 0.0678 e. The van der Waals surface area contributed by atoms with Crippen molar-refractivity contribution in [2.24, 2.45) is 0 Å². The monoisotopic (exact) mass is 235 g/mol. The predicted octanol–water partition coefficient (Wildman–Crippen LogP) is 1.88. The van der Waals surface area contributed by atoms with Crippen LogP contribution in [0.2, 0.25) is 0 Å². The Morgan fingerprint density at radius 3 is 2.42 bits per heavy atom. The third-order valence-corrected chi connectivity index (χ3v) is 2.66. The molecule has 0 saturated carbocycles. The third-order valence-electron chi connectivity index (χ3n) is 2.10. The molecule has 1 fully saturated rings. The van der Waals surface area contributed by atoms with Gasteiger partial charge in [-0.3, -0.25) is 4.90 Å². The second-order valence-corrected chi connectivity index (χ2v) is 4.35. The maximum atomic E-state index is 5.64. The Morgan fingerprint density at radius 2 is 1.92 bits per heavy atom. The number of alkyl halides is 1. The van der Waals surface area contributed by atoms with E-state index in [1.54, 1.807) is 0 Å². The van der Waals surface area contributed by atoms with Crippen molar-refractivity contribution < 1.29 is 4.74 Å². The minimum Gasteiger partial charge on any atom is -0.373 e. The van der Waals surface area contributed by atoms with Crippen molar-refractivity contribution in [2.75, 3.05) is 25.0 Å². The number of halogens is 1. The van der Waals surface area contributed by atoms with Crippen LogP contribution in [0.1, 0.15) is 20.3 Å². The predicted molar refractivity (Wildman–Crippen MR) is 54.9 cm³/mol. The van der Waals surface area contributed by atoms with Gasteiger partial charge in [0.05, 0.1) is 12.2 Å². The van der Waals surface area contributed by atoms with Crippen LogP contribution in [0.15, 0.2) is 0 Å². The molecule has 1 unspecified atom stereocenters. The molecule has 0 aromatic rings. The molecule has 0 radical (unpaired) electrons. The summed E-state index contributed by atoms with van der Waals surface area (Å²) >= 11 is 3.45. The topological polar surface area (TPSA) is 12.5 Å². The quantitative estimate of drug-likeness (QED) is 0.694. The average Bonchev–Trinajstić information content (AvgIpc) is 1.99. The summed E-state index contributed by atoms with van der Waals surface area (Å²) in [6.07, 6.45) is 2.05. The maximum absolute atomic E-state index is 5.64. The molecule has 1 rings (SSSR count). The average molecular weight is 236 g/mol. The van der Waals surface area contributed by atoms with Crippen LogP contribution >= 0.6 is 15.9 Å². The van der Waals surface area contributed by atoms with Gasteiger partial charge in [0, 0.05) is 18.4 Å². The SMILES string of the molecule is CC1CN(CCCBr)C[C@H](C)O1. The largest absolute Gasteiger partial charge is 0.373 e. The zero-order valence-electron chi connectivity index (χ0n) is 7.92. The van der Waals surface area contributed by atoms with Crippen LogP contribution in [0.4, 0.5) is 0 Å². The van der Waals surface area contributed by atoms with Crippen molar-refractivity contribution in [3.05, 3.63) is 0 Å². The zero-order valence-corrected chi connectivity index (χ0v) is 9.51. The Labute approximate surface area is 83.4 Å². The molecule has 1 aliphatic rings. The minimum absolute atomic E-state index is 0.407. The first-order valence-corrected chi connectivity index (χ1v) is 5.78. The van der Waals surface area contributed by atoms with Crippen molar-refractivity contribution in [2.45, 2.75) is 32.5 Å². The van der Waals surface area contributed by atoms with E-state index in [2.05, 4.69) is 34.7 Å². The summed E-state index contributed by atoms with van der Waals surface area (Å²) in [7, 11) is 0. The number of nitrogens with zero attached hydrogens (tertiary/aromatic N) is 1. The molecule has 1 heterocycles. The van der Waals surface area contributed by atoms with Crippen molar-refractivity contribution in [1.82, 2.24) is 4.90 Å². The first kappa shape index (κ1) is 10.5. The van der Waals surface area contributed by atoms with E-state index in [0.29, 0.717) is 12.2 Å². The second-order valence-electron chi connectivity index (χ2n) is 3.56. The molecule has 3 heteroatoms. The Balaban J connectivity index is 2.24. The molecule has 0 amide bonds. The summed E-state index contributed by atoms with van der Waals surface area (Å²) in [5, 5.41) is 1.10. The standard InChI is InChI=1S/C9H18BrNO/c1-8-6-11(5-3-4-10)7-9(2)12-8/h8-9H,3-7H2,1-2H3/t8-,9?/m0/s1. The van der Waals surface area contributed by atoms with Gasteiger partial charge in [-0.1, -0.05) is 15.9 Å². The normalized spacial score (nSPS) is 32.2. The fraction of sp³-hybridized carbons (Fsp3) is 1.00. The fourth-order valence-electron chi connectivity index (χ4n) is 1.75. The van der Waals surface area contributed by atoms with E-state index in [1.807, 2.05) is 0 Å². The molecule has 1 saturated heterocycles. The van der Waals surface area contributed by atoms with Crippen LogP contribution in [0.3, 0.4) is 0 Å². The number of morpholine rings is 1. The Morgan fingerprint density at radius 1 is 1.33 bits per heavy atom. The Hall–Kier alpha value is 0.400. The van der Waals surface area contributed by atoms with Gasteiger partial charge in [-0.25, -0.2) is 0 Å². The lowest BCUT2D eigenvalue weighted by molar-refractivity contribution is -0.0676. The lowest BCUT2D eigenvalue weighted by Gasteiger charge is -2.35. The molecule has 2 atom stereocenters. The Bertz CT molecular complexity index is 122. The van der Waals surface area contributed by atoms with Gasteiger partial charge in [0.1, 0.15) is 0 Å². The van der Waals surface area contributed by atoms with E-state index in [9.17, 15) is 0 Å². The second kappa shape index (κ2) is 5.20. The van der Waals surface area contributed by atoms with Gasteiger partial charge < -0.3 is 4.74 Å². The molecule has 0 spiro atoms. The molecule has 1 aliphatic heterocycles. The summed E-state index contributed by atoms with van der Waals surface area (Å²) in [5.74, 6) is 0. The van der Waals surface area contributed by atoms with Gasteiger partial charge in [0.25, 0.3) is 0 Å². The van der Waals surface area contributed by atoms with Crippen molar-refractivity contribution in [3.63, 3.8) is 0 Å². The van der Waals surface area contributed by atoms with E-state index in [0.717, 1.165) is 18.4 Å². The molecule has 2 nitrogen and oxygen atoms in total. The molecule has 0 bridgehead atoms. The minimum atomic E-state index is 0.407. The highest BCUT2D eigenvalue weighted by Crippen LogP contribution is 2.10. The van der Waals surface area contributed by atoms with Gasteiger partial charge in [0.2, 0.25) is 0 Å². The van der Waals surface area contributed by atoms with Gasteiger partial charge in [0.15, 0.2) is 0 Å². The molecular weight excluding hydrogens is 218 g/mol. The summed E-state index contributed by atoms with van der Waals surface area (Å²) in [4.78, 5) is 2.49. The number of ether oxygens (including phenoxy) is 1. The van der Waals surface area contributed by atoms with Crippen molar-refractivity contribution in [3.8, 4) is 0 Å². The van der Waals surface area contributed by atoms with Crippen LogP contribution in [-0.2, 0) is 4.74 Å². The summed E-state index contributed by atoms with van der Waals surface area (Å²) < 4.78 is 5.64. The van der Waals surface area contributed by atoms with E-state index in [-0.39, 0.29) is 0 Å². The highest BCUT2D eigenvalue weighted by molar-refractivity contribution is 9.09. The molecule has 72 valence electrons. The van der Waals surface area contributed by atoms with E-state index in [4.69, 9.17) is 4.74 Å². The van der Waals surface area contributed by atoms with Crippen LogP contribution in [0.5, 0.6) is 0 Å². The lowest BCUT2D eigenvalue weighted by Crippen LogP contribution is -2.45. The van der Waals surface area contributed by atoms with Crippen LogP contribution in [0, 0.1) is 0 Å². The molecule has 0 aromatic heterocycles. The van der Waals surface area contributed by atoms with Gasteiger partial charge in [-0.2, -0.15) is 0 Å². The van der Waals surface area contributed by atoms with Crippen molar-refractivity contribution in [1.29, 1.82) is 0 Å². The first-order chi connectivity index (χ1) is 5.72. The van der Waals surface area contributed by atoms with Gasteiger partial charge in [-0.15, -0.1) is 0 Å². The fourth-order valence-corrected chi connectivity index (χ4v) is 2.00. The van der Waals surface area contributed by atoms with Crippen LogP contribution in [0.25, 0.3) is 0 Å². The zero-order chi connectivity index (χ0) is 8.97. The molecule has 0 N–H and O–H groups in total. The third kappa shape index (κ3) is 3.42. The van der Waals surface area contributed by atoms with Gasteiger partial charge in [-0.05, 0) is 26.8 Å². The summed E-state index contributed by atoms with van der Waals surface area (Å²) in [5.41, 5.74) is 0. The van der Waals surface area contributed by atoms with Gasteiger partial charge >= 0.3 is 0 Å². The number of hydrogen-bond acceptors (Lipinski definition) is 2. The summed E-state index contributed by atoms with van der Waals surface area (Å²) in [6.45, 7) is 7.69. The highest BCUT2D eigenvalue weighted by atomic mass is 79.9. The first-order valence-electron chi connectivity index (χ1n) is 4.66. The van der Waals surface area contributed by atoms with E-state index in [1.165, 1.54) is 13.0 Å². The molecule has 0 aliphatic carbocycles.